The van der Waals surface area contributed by atoms with Gasteiger partial charge in [0, 0.05) is 18.1 Å². The zero-order chi connectivity index (χ0) is 42.7. The molecule has 3 aliphatic heterocycles. The van der Waals surface area contributed by atoms with Crippen LogP contribution in [0.2, 0.25) is 0 Å². The third-order valence-corrected chi connectivity index (χ3v) is 10.3. The number of carbonyl (C=O) groups is 5. The summed E-state index contributed by atoms with van der Waals surface area (Å²) in [5.74, 6) is -0.779. The lowest BCUT2D eigenvalue weighted by molar-refractivity contribution is -0.160. The zero-order valence-electron chi connectivity index (χ0n) is 35.9. The molecular weight excluding hydrogens is 743 g/mol. The van der Waals surface area contributed by atoms with Crippen LogP contribution in [0, 0.1) is 0 Å². The first kappa shape index (κ1) is 47.7. The molecule has 3 fully saturated rings. The third kappa shape index (κ3) is 14.9. The number of esters is 3. The molecule has 322 valence electrons. The van der Waals surface area contributed by atoms with Crippen molar-refractivity contribution < 1.29 is 47.7 Å². The van der Waals surface area contributed by atoms with Gasteiger partial charge in [-0.2, -0.15) is 0 Å². The Hall–Kier alpha value is -4.65. The summed E-state index contributed by atoms with van der Waals surface area (Å²) in [6, 6.07) is 18.5. The first-order chi connectivity index (χ1) is 27.8. The predicted octanol–water partition coefficient (Wildman–Crippen LogP) is 8.12. The highest BCUT2D eigenvalue weighted by Gasteiger charge is 2.43. The van der Waals surface area contributed by atoms with Crippen molar-refractivity contribution in [2.75, 3.05) is 13.2 Å². The molecule has 5 rings (SSSR count). The number of likely N-dealkylation sites (tertiary alicyclic amines) is 2. The number of amides is 2. The molecule has 1 N–H and O–H groups in total. The van der Waals surface area contributed by atoms with Gasteiger partial charge in [-0.3, -0.25) is 14.6 Å². The molecule has 0 unspecified atom stereocenters. The Kier molecular flexibility index (Phi) is 20.0. The van der Waals surface area contributed by atoms with E-state index in [4.69, 9.17) is 23.7 Å². The number of rotatable bonds is 12. The second-order valence-electron chi connectivity index (χ2n) is 15.6. The van der Waals surface area contributed by atoms with E-state index < -0.39 is 29.9 Å². The fraction of sp³-hybridized carbons (Fsp3) is 0.622. The number of hydrogen-bond donors (Lipinski definition) is 1. The van der Waals surface area contributed by atoms with Crippen LogP contribution in [0.1, 0.15) is 124 Å². The highest BCUT2D eigenvalue weighted by atomic mass is 16.6. The van der Waals surface area contributed by atoms with E-state index in [0.717, 1.165) is 56.1 Å². The minimum Gasteiger partial charge on any atom is -0.465 e. The fourth-order valence-corrected chi connectivity index (χ4v) is 7.35. The minimum atomic E-state index is -0.568. The standard InChI is InChI=1S/C19H27NO4.C17H23NO4.C9H17NO2/c1-5-15-11-12-16(17(21)24-19(2,3)4)20(15)18(22)23-13-14-9-7-6-8-10-14;1-3-14-10-11-15(16(19)21-4-2)18(14)17(20)22-12-13-8-6-5-7-9-13;1-3-7-5-6-8(10-7)9(11)12-4-2/h6-10,15-16H,5,11-13H2,1-4H3;5-9,14-15H,3-4,10-12H2,1-2H3;7-8,10H,3-6H2,1-2H3/t15-,16+;14-,15+;7-,8+/m111/s1. The van der Waals surface area contributed by atoms with Gasteiger partial charge in [0.05, 0.1) is 13.2 Å². The molecule has 0 saturated carbocycles. The number of ether oxygens (including phenoxy) is 5. The molecule has 0 aliphatic carbocycles. The predicted molar refractivity (Wildman–Crippen MR) is 220 cm³/mol. The van der Waals surface area contributed by atoms with Crippen LogP contribution in [0.3, 0.4) is 0 Å². The SMILES string of the molecule is CCOC(=O)[C@@H]1CC[C@@H](CC)N1.CCOC(=O)[C@@H]1CC[C@@H](CC)N1C(=O)OCc1ccccc1.CC[C@@H]1CC[C@@H](C(=O)OC(C)(C)C)N1C(=O)OCc1ccccc1. The summed E-state index contributed by atoms with van der Waals surface area (Å²) in [6.45, 7) is 16.5. The Morgan fingerprint density at radius 2 is 1.02 bits per heavy atom. The molecule has 3 aliphatic rings. The third-order valence-electron chi connectivity index (χ3n) is 10.3. The summed E-state index contributed by atoms with van der Waals surface area (Å²) in [4.78, 5) is 63.8. The Balaban J connectivity index is 0.000000245. The van der Waals surface area contributed by atoms with Gasteiger partial charge in [-0.05, 0) is 104 Å². The van der Waals surface area contributed by atoms with Crippen molar-refractivity contribution in [2.45, 2.75) is 168 Å². The number of benzene rings is 2. The van der Waals surface area contributed by atoms with Crippen LogP contribution in [-0.2, 0) is 51.3 Å². The van der Waals surface area contributed by atoms with Crippen LogP contribution in [0.15, 0.2) is 60.7 Å². The van der Waals surface area contributed by atoms with Gasteiger partial charge in [-0.1, -0.05) is 81.4 Å². The number of nitrogens with one attached hydrogen (secondary N) is 1. The summed E-state index contributed by atoms with van der Waals surface area (Å²) in [5, 5.41) is 3.25. The van der Waals surface area contributed by atoms with Crippen LogP contribution in [0.25, 0.3) is 0 Å². The molecule has 3 saturated heterocycles. The maximum atomic E-state index is 12.6. The van der Waals surface area contributed by atoms with Gasteiger partial charge in [-0.15, -0.1) is 0 Å². The molecule has 13 nitrogen and oxygen atoms in total. The minimum absolute atomic E-state index is 0.0193. The van der Waals surface area contributed by atoms with Crippen molar-refractivity contribution in [2.24, 2.45) is 0 Å². The molecule has 0 aromatic heterocycles. The molecule has 2 aromatic carbocycles. The van der Waals surface area contributed by atoms with Crippen molar-refractivity contribution >= 4 is 30.1 Å². The Morgan fingerprint density at radius 3 is 1.41 bits per heavy atom. The second-order valence-corrected chi connectivity index (χ2v) is 15.6. The maximum Gasteiger partial charge on any atom is 0.411 e. The lowest BCUT2D eigenvalue weighted by Crippen LogP contribution is -2.47. The van der Waals surface area contributed by atoms with Crippen LogP contribution >= 0.6 is 0 Å². The van der Waals surface area contributed by atoms with Gasteiger partial charge in [0.25, 0.3) is 0 Å². The molecule has 2 aromatic rings. The molecule has 6 atom stereocenters. The van der Waals surface area contributed by atoms with Gasteiger partial charge < -0.3 is 29.0 Å². The number of hydrogen-bond acceptors (Lipinski definition) is 11. The molecular formula is C45H67N3O10. The van der Waals surface area contributed by atoms with Crippen molar-refractivity contribution in [3.05, 3.63) is 71.8 Å². The fourth-order valence-electron chi connectivity index (χ4n) is 7.35. The molecule has 3 heterocycles. The maximum absolute atomic E-state index is 12.6. The van der Waals surface area contributed by atoms with Crippen molar-refractivity contribution in [3.8, 4) is 0 Å². The molecule has 0 spiro atoms. The lowest BCUT2D eigenvalue weighted by atomic mass is 10.1. The van der Waals surface area contributed by atoms with Crippen LogP contribution < -0.4 is 5.32 Å². The van der Waals surface area contributed by atoms with Gasteiger partial charge >= 0.3 is 30.1 Å². The largest absolute Gasteiger partial charge is 0.465 e. The molecule has 2 amide bonds. The van der Waals surface area contributed by atoms with Crippen LogP contribution in [-0.4, -0.2) is 95.0 Å². The van der Waals surface area contributed by atoms with Gasteiger partial charge in [-0.25, -0.2) is 19.2 Å². The van der Waals surface area contributed by atoms with E-state index >= 15 is 0 Å². The highest BCUT2D eigenvalue weighted by Crippen LogP contribution is 2.30. The van der Waals surface area contributed by atoms with E-state index in [0.29, 0.717) is 32.1 Å². The van der Waals surface area contributed by atoms with E-state index in [1.165, 1.54) is 0 Å². The van der Waals surface area contributed by atoms with E-state index in [1.54, 1.807) is 16.7 Å². The van der Waals surface area contributed by atoms with E-state index in [9.17, 15) is 24.0 Å². The van der Waals surface area contributed by atoms with Crippen molar-refractivity contribution in [1.29, 1.82) is 0 Å². The van der Waals surface area contributed by atoms with Crippen LogP contribution in [0.5, 0.6) is 0 Å². The van der Waals surface area contributed by atoms with Crippen LogP contribution in [0.4, 0.5) is 9.59 Å². The summed E-state index contributed by atoms with van der Waals surface area (Å²) in [5.41, 5.74) is 1.28. The van der Waals surface area contributed by atoms with E-state index in [-0.39, 0.29) is 49.2 Å². The average molecular weight is 810 g/mol. The molecule has 13 heteroatoms. The van der Waals surface area contributed by atoms with Gasteiger partial charge in [0.1, 0.15) is 36.9 Å². The van der Waals surface area contributed by atoms with Crippen molar-refractivity contribution in [1.82, 2.24) is 15.1 Å². The Bertz CT molecular complexity index is 1570. The molecule has 58 heavy (non-hydrogen) atoms. The van der Waals surface area contributed by atoms with E-state index in [2.05, 4.69) is 12.2 Å². The Labute approximate surface area is 345 Å². The summed E-state index contributed by atoms with van der Waals surface area (Å²) < 4.78 is 26.3. The Morgan fingerprint density at radius 1 is 0.569 bits per heavy atom. The first-order valence-electron chi connectivity index (χ1n) is 21.1. The lowest BCUT2D eigenvalue weighted by Gasteiger charge is -2.30. The average Bonchev–Trinajstić information content (AvgIpc) is 3.99. The molecule has 0 radical (unpaired) electrons. The first-order valence-corrected chi connectivity index (χ1v) is 21.1. The number of nitrogens with zero attached hydrogens (tertiary/aromatic N) is 2. The highest BCUT2D eigenvalue weighted by molar-refractivity contribution is 5.83. The number of carbonyl (C=O) groups excluding carboxylic acids is 5. The zero-order valence-corrected chi connectivity index (χ0v) is 35.9. The monoisotopic (exact) mass is 809 g/mol. The summed E-state index contributed by atoms with van der Waals surface area (Å²) in [7, 11) is 0. The smallest absolute Gasteiger partial charge is 0.411 e. The van der Waals surface area contributed by atoms with E-state index in [1.807, 2.05) is 102 Å². The normalized spacial score (nSPS) is 22.4. The molecule has 0 bridgehead atoms. The van der Waals surface area contributed by atoms with Gasteiger partial charge in [0.15, 0.2) is 0 Å². The summed E-state index contributed by atoms with van der Waals surface area (Å²) >= 11 is 0. The van der Waals surface area contributed by atoms with Gasteiger partial charge in [0.2, 0.25) is 0 Å². The quantitative estimate of drug-likeness (QED) is 0.164. The second kappa shape index (κ2) is 24.3. The van der Waals surface area contributed by atoms with Crippen molar-refractivity contribution in [3.63, 3.8) is 0 Å². The summed E-state index contributed by atoms with van der Waals surface area (Å²) in [6.07, 6.45) is 6.68. The topological polar surface area (TPSA) is 150 Å².